The van der Waals surface area contributed by atoms with Gasteiger partial charge >= 0.3 is 0 Å². The number of para-hydroxylation sites is 1. The normalized spacial score (nSPS) is 14.9. The third-order valence-corrected chi connectivity index (χ3v) is 6.21. The molecule has 0 spiro atoms. The number of nitrogens with zero attached hydrogens (tertiary/aromatic N) is 2. The van der Waals surface area contributed by atoms with Crippen LogP contribution in [0.1, 0.15) is 15.2 Å². The molecule has 154 valence electrons. The van der Waals surface area contributed by atoms with E-state index in [2.05, 4.69) is 22.3 Å². The Kier molecular flexibility index (Phi) is 6.44. The molecule has 1 aliphatic heterocycles. The van der Waals surface area contributed by atoms with Gasteiger partial charge in [-0.25, -0.2) is 0 Å². The maximum Gasteiger partial charge on any atom is 0.262 e. The van der Waals surface area contributed by atoms with Gasteiger partial charge in [0.1, 0.15) is 6.04 Å². The molecule has 1 aromatic heterocycles. The second-order valence-corrected chi connectivity index (χ2v) is 8.29. The fourth-order valence-electron chi connectivity index (χ4n) is 3.73. The first-order chi connectivity index (χ1) is 14.7. The highest BCUT2D eigenvalue weighted by Gasteiger charge is 2.29. The second kappa shape index (κ2) is 9.59. The van der Waals surface area contributed by atoms with Crippen LogP contribution in [0.15, 0.2) is 78.2 Å². The van der Waals surface area contributed by atoms with Gasteiger partial charge in [0.15, 0.2) is 0 Å². The Morgan fingerprint density at radius 1 is 0.867 bits per heavy atom. The van der Waals surface area contributed by atoms with Crippen molar-refractivity contribution >= 4 is 28.8 Å². The van der Waals surface area contributed by atoms with E-state index in [4.69, 9.17) is 0 Å². The third-order valence-electron chi connectivity index (χ3n) is 5.34. The van der Waals surface area contributed by atoms with Gasteiger partial charge in [-0.05, 0) is 29.1 Å². The van der Waals surface area contributed by atoms with Gasteiger partial charge < -0.3 is 15.1 Å². The van der Waals surface area contributed by atoms with E-state index in [-0.39, 0.29) is 11.8 Å². The van der Waals surface area contributed by atoms with Gasteiger partial charge in [0.05, 0.1) is 4.88 Å². The van der Waals surface area contributed by atoms with Gasteiger partial charge in [0.2, 0.25) is 5.91 Å². The summed E-state index contributed by atoms with van der Waals surface area (Å²) in [7, 11) is 0. The molecule has 2 amide bonds. The Hall–Kier alpha value is -3.12. The highest BCUT2D eigenvalue weighted by atomic mass is 32.1. The molecule has 1 fully saturated rings. The molecule has 1 aliphatic rings. The van der Waals surface area contributed by atoms with E-state index >= 15 is 0 Å². The lowest BCUT2D eigenvalue weighted by Gasteiger charge is -2.37. The van der Waals surface area contributed by atoms with Crippen molar-refractivity contribution in [3.05, 3.63) is 88.6 Å². The number of piperazine rings is 1. The number of anilines is 1. The molecule has 2 heterocycles. The fourth-order valence-corrected chi connectivity index (χ4v) is 4.36. The molecule has 0 bridgehead atoms. The minimum absolute atomic E-state index is 0.0172. The number of carbonyl (C=O) groups excluding carboxylic acids is 2. The molecule has 6 heteroatoms. The van der Waals surface area contributed by atoms with E-state index in [0.717, 1.165) is 18.7 Å². The predicted molar refractivity (Wildman–Crippen MR) is 121 cm³/mol. The number of amides is 2. The zero-order chi connectivity index (χ0) is 20.8. The largest absolute Gasteiger partial charge is 0.368 e. The second-order valence-electron chi connectivity index (χ2n) is 7.34. The third kappa shape index (κ3) is 4.89. The zero-order valence-electron chi connectivity index (χ0n) is 16.7. The zero-order valence-corrected chi connectivity index (χ0v) is 17.6. The van der Waals surface area contributed by atoms with Crippen molar-refractivity contribution < 1.29 is 9.59 Å². The molecule has 0 aliphatic carbocycles. The Morgan fingerprint density at radius 3 is 2.17 bits per heavy atom. The molecule has 1 saturated heterocycles. The first kappa shape index (κ1) is 20.2. The van der Waals surface area contributed by atoms with Gasteiger partial charge in [-0.1, -0.05) is 54.6 Å². The SMILES string of the molecule is O=C(N[C@H](Cc1ccccc1)C(=O)N1CCN(c2ccccc2)CC1)c1cccs1. The molecule has 4 rings (SSSR count). The summed E-state index contributed by atoms with van der Waals surface area (Å²) in [6, 6.07) is 23.1. The van der Waals surface area contributed by atoms with Crippen LogP contribution < -0.4 is 10.2 Å². The lowest BCUT2D eigenvalue weighted by molar-refractivity contribution is -0.133. The van der Waals surface area contributed by atoms with Crippen LogP contribution in [-0.4, -0.2) is 48.9 Å². The summed E-state index contributed by atoms with van der Waals surface area (Å²) in [4.78, 5) is 30.8. The summed E-state index contributed by atoms with van der Waals surface area (Å²) < 4.78 is 0. The first-order valence-corrected chi connectivity index (χ1v) is 11.1. The minimum Gasteiger partial charge on any atom is -0.368 e. The summed E-state index contributed by atoms with van der Waals surface area (Å²) in [5.74, 6) is -0.210. The smallest absolute Gasteiger partial charge is 0.262 e. The van der Waals surface area contributed by atoms with Crippen LogP contribution in [-0.2, 0) is 11.2 Å². The molecule has 5 nitrogen and oxygen atoms in total. The van der Waals surface area contributed by atoms with Crippen molar-refractivity contribution in [2.24, 2.45) is 0 Å². The molecule has 1 atom stereocenters. The quantitative estimate of drug-likeness (QED) is 0.666. The summed E-state index contributed by atoms with van der Waals surface area (Å²) in [6.07, 6.45) is 0.482. The van der Waals surface area contributed by atoms with Crippen molar-refractivity contribution in [1.82, 2.24) is 10.2 Å². The Labute approximate surface area is 180 Å². The van der Waals surface area contributed by atoms with Gasteiger partial charge in [-0.2, -0.15) is 0 Å². The molecule has 1 N–H and O–H groups in total. The number of rotatable bonds is 6. The number of hydrogen-bond donors (Lipinski definition) is 1. The molecule has 0 radical (unpaired) electrons. The van der Waals surface area contributed by atoms with Gasteiger partial charge in [0, 0.05) is 38.3 Å². The lowest BCUT2D eigenvalue weighted by Crippen LogP contribution is -2.55. The van der Waals surface area contributed by atoms with Crippen LogP contribution in [0.5, 0.6) is 0 Å². The molecular weight excluding hydrogens is 394 g/mol. The van der Waals surface area contributed by atoms with E-state index in [1.807, 2.05) is 64.9 Å². The highest BCUT2D eigenvalue weighted by Crippen LogP contribution is 2.17. The van der Waals surface area contributed by atoms with E-state index in [0.29, 0.717) is 24.4 Å². The molecule has 30 heavy (non-hydrogen) atoms. The Bertz CT molecular complexity index is 953. The monoisotopic (exact) mass is 419 g/mol. The molecular formula is C24H25N3O2S. The number of hydrogen-bond acceptors (Lipinski definition) is 4. The summed E-state index contributed by atoms with van der Waals surface area (Å²) >= 11 is 1.38. The van der Waals surface area contributed by atoms with Crippen LogP contribution in [0.3, 0.4) is 0 Å². The van der Waals surface area contributed by atoms with Crippen molar-refractivity contribution in [3.8, 4) is 0 Å². The molecule has 3 aromatic rings. The maximum atomic E-state index is 13.3. The van der Waals surface area contributed by atoms with Crippen molar-refractivity contribution in [2.75, 3.05) is 31.1 Å². The number of nitrogens with one attached hydrogen (secondary N) is 1. The van der Waals surface area contributed by atoms with Crippen LogP contribution in [0.25, 0.3) is 0 Å². The maximum absolute atomic E-state index is 13.3. The summed E-state index contributed by atoms with van der Waals surface area (Å²) in [5.41, 5.74) is 2.21. The summed E-state index contributed by atoms with van der Waals surface area (Å²) in [6.45, 7) is 2.86. The number of carbonyl (C=O) groups is 2. The van der Waals surface area contributed by atoms with Crippen LogP contribution in [0, 0.1) is 0 Å². The summed E-state index contributed by atoms with van der Waals surface area (Å²) in [5, 5.41) is 4.84. The van der Waals surface area contributed by atoms with E-state index in [1.54, 1.807) is 6.07 Å². The lowest BCUT2D eigenvalue weighted by atomic mass is 10.0. The number of benzene rings is 2. The van der Waals surface area contributed by atoms with Crippen LogP contribution in [0.2, 0.25) is 0 Å². The highest BCUT2D eigenvalue weighted by molar-refractivity contribution is 7.12. The average molecular weight is 420 g/mol. The Morgan fingerprint density at radius 2 is 1.53 bits per heavy atom. The molecule has 0 saturated carbocycles. The predicted octanol–water partition coefficient (Wildman–Crippen LogP) is 3.44. The van der Waals surface area contributed by atoms with Gasteiger partial charge in [-0.15, -0.1) is 11.3 Å². The van der Waals surface area contributed by atoms with Crippen LogP contribution in [0.4, 0.5) is 5.69 Å². The van der Waals surface area contributed by atoms with Gasteiger partial charge in [-0.3, -0.25) is 9.59 Å². The van der Waals surface area contributed by atoms with Crippen molar-refractivity contribution in [2.45, 2.75) is 12.5 Å². The Balaban J connectivity index is 1.44. The van der Waals surface area contributed by atoms with E-state index in [1.165, 1.54) is 17.0 Å². The van der Waals surface area contributed by atoms with Crippen molar-refractivity contribution in [3.63, 3.8) is 0 Å². The fraction of sp³-hybridized carbons (Fsp3) is 0.250. The van der Waals surface area contributed by atoms with E-state index in [9.17, 15) is 9.59 Å². The first-order valence-electron chi connectivity index (χ1n) is 10.2. The van der Waals surface area contributed by atoms with Crippen LogP contribution >= 0.6 is 11.3 Å². The average Bonchev–Trinajstić information content (AvgIpc) is 3.35. The molecule has 2 aromatic carbocycles. The topological polar surface area (TPSA) is 52.7 Å². The minimum atomic E-state index is -0.578. The van der Waals surface area contributed by atoms with Gasteiger partial charge in [0.25, 0.3) is 5.91 Å². The van der Waals surface area contributed by atoms with E-state index < -0.39 is 6.04 Å². The standard InChI is InChI=1S/C24H25N3O2S/c28-23(22-12-7-17-30-22)25-21(18-19-8-3-1-4-9-19)24(29)27-15-13-26(14-16-27)20-10-5-2-6-11-20/h1-12,17,21H,13-16,18H2,(H,25,28)/t21-/m1/s1. The molecule has 0 unspecified atom stereocenters. The number of thiophene rings is 1. The van der Waals surface area contributed by atoms with Crippen molar-refractivity contribution in [1.29, 1.82) is 0 Å².